The average Bonchev–Trinajstić information content (AvgIpc) is 3.35. The first-order chi connectivity index (χ1) is 16.8. The van der Waals surface area contributed by atoms with Crippen LogP contribution < -0.4 is 19.5 Å². The second-order valence-corrected chi connectivity index (χ2v) is 10.9. The van der Waals surface area contributed by atoms with Crippen LogP contribution in [0.25, 0.3) is 0 Å². The van der Waals surface area contributed by atoms with Gasteiger partial charge in [-0.1, -0.05) is 35.9 Å². The topological polar surface area (TPSA) is 76.7 Å². The summed E-state index contributed by atoms with van der Waals surface area (Å²) >= 11 is 0. The van der Waals surface area contributed by atoms with Gasteiger partial charge in [-0.25, -0.2) is 8.42 Å². The normalized spacial score (nSPS) is 20.5. The average molecular weight is 491 g/mol. The van der Waals surface area contributed by atoms with E-state index < -0.39 is 10.0 Å². The molecule has 7 heteroatoms. The molecule has 2 N–H and O–H groups in total. The first-order valence-electron chi connectivity index (χ1n) is 11.7. The fourth-order valence-corrected chi connectivity index (χ4v) is 6.41. The Labute approximate surface area is 207 Å². The maximum atomic E-state index is 13.3. The van der Waals surface area contributed by atoms with Gasteiger partial charge < -0.3 is 14.8 Å². The maximum absolute atomic E-state index is 13.3. The molecular formula is C28H30N2O4S. The molecule has 6 nitrogen and oxygen atoms in total. The molecule has 0 saturated carbocycles. The van der Waals surface area contributed by atoms with Crippen LogP contribution in [0.2, 0.25) is 0 Å². The number of methoxy groups -OCH3 is 2. The van der Waals surface area contributed by atoms with Crippen LogP contribution in [0.4, 0.5) is 11.4 Å². The Morgan fingerprint density at radius 3 is 2.49 bits per heavy atom. The van der Waals surface area contributed by atoms with Crippen LogP contribution in [0, 0.1) is 19.8 Å². The highest BCUT2D eigenvalue weighted by molar-refractivity contribution is 7.92. The lowest BCUT2D eigenvalue weighted by molar-refractivity contribution is 0.353. The summed E-state index contributed by atoms with van der Waals surface area (Å²) in [5.41, 5.74) is 5.64. The number of allylic oxidation sites excluding steroid dienone is 2. The lowest BCUT2D eigenvalue weighted by atomic mass is 9.77. The predicted octanol–water partition coefficient (Wildman–Crippen LogP) is 5.95. The third-order valence-electron chi connectivity index (χ3n) is 7.04. The lowest BCUT2D eigenvalue weighted by Crippen LogP contribution is -2.29. The molecule has 1 aliphatic carbocycles. The summed E-state index contributed by atoms with van der Waals surface area (Å²) in [5, 5.41) is 3.67. The van der Waals surface area contributed by atoms with Crippen molar-refractivity contribution in [3.8, 4) is 11.5 Å². The first kappa shape index (κ1) is 23.3. The maximum Gasteiger partial charge on any atom is 0.261 e. The summed E-state index contributed by atoms with van der Waals surface area (Å²) in [6, 6.07) is 17.1. The van der Waals surface area contributed by atoms with E-state index in [0.29, 0.717) is 17.2 Å². The number of hydrogen-bond acceptors (Lipinski definition) is 5. The van der Waals surface area contributed by atoms with Gasteiger partial charge in [0.15, 0.2) is 11.5 Å². The molecule has 0 aromatic heterocycles. The molecule has 0 amide bonds. The SMILES string of the molecule is COc1ccc(C2Nc3ccc(S(=O)(=O)Nc4ccc(C)cc4C)cc3C3C=CCC32)cc1OC. The number of rotatable bonds is 6. The van der Waals surface area contributed by atoms with E-state index in [1.807, 2.05) is 56.3 Å². The number of nitrogens with one attached hydrogen (secondary N) is 2. The minimum Gasteiger partial charge on any atom is -0.493 e. The Morgan fingerprint density at radius 2 is 1.74 bits per heavy atom. The summed E-state index contributed by atoms with van der Waals surface area (Å²) in [4.78, 5) is 0.265. The number of ether oxygens (including phenoxy) is 2. The predicted molar refractivity (Wildman–Crippen MR) is 139 cm³/mol. The third-order valence-corrected chi connectivity index (χ3v) is 8.40. The molecule has 35 heavy (non-hydrogen) atoms. The number of benzene rings is 3. The highest BCUT2D eigenvalue weighted by Crippen LogP contribution is 2.51. The van der Waals surface area contributed by atoms with Crippen LogP contribution >= 0.6 is 0 Å². The highest BCUT2D eigenvalue weighted by Gasteiger charge is 2.38. The molecular weight excluding hydrogens is 460 g/mol. The number of hydrogen-bond donors (Lipinski definition) is 2. The van der Waals surface area contributed by atoms with Crippen molar-refractivity contribution in [3.63, 3.8) is 0 Å². The van der Waals surface area contributed by atoms with Gasteiger partial charge in [-0.15, -0.1) is 0 Å². The van der Waals surface area contributed by atoms with Crippen LogP contribution in [0.1, 0.15) is 40.6 Å². The summed E-state index contributed by atoms with van der Waals surface area (Å²) in [7, 11) is -0.458. The van der Waals surface area contributed by atoms with E-state index in [1.165, 1.54) is 0 Å². The molecule has 0 bridgehead atoms. The standard InChI is InChI=1S/C28H30N2O4S/c1-17-8-11-24(18(2)14-17)30-35(31,32)20-10-12-25-23(16-20)21-6-5-7-22(21)28(29-25)19-9-13-26(33-3)27(15-19)34-4/h5-6,8-16,21-22,28-30H,7H2,1-4H3. The van der Waals surface area contributed by atoms with Crippen molar-refractivity contribution in [2.24, 2.45) is 5.92 Å². The largest absolute Gasteiger partial charge is 0.493 e. The molecule has 3 aromatic carbocycles. The van der Waals surface area contributed by atoms with Gasteiger partial charge in [0.05, 0.1) is 30.8 Å². The zero-order valence-corrected chi connectivity index (χ0v) is 21.1. The Balaban J connectivity index is 1.48. The Morgan fingerprint density at radius 1 is 0.943 bits per heavy atom. The van der Waals surface area contributed by atoms with E-state index in [0.717, 1.165) is 34.4 Å². The van der Waals surface area contributed by atoms with Crippen molar-refractivity contribution in [3.05, 3.63) is 89.0 Å². The molecule has 0 saturated heterocycles. The van der Waals surface area contributed by atoms with Gasteiger partial charge in [-0.2, -0.15) is 0 Å². The summed E-state index contributed by atoms with van der Waals surface area (Å²) < 4.78 is 40.2. The van der Waals surface area contributed by atoms with Crippen LogP contribution in [0.15, 0.2) is 71.6 Å². The summed E-state index contributed by atoms with van der Waals surface area (Å²) in [5.74, 6) is 1.78. The molecule has 3 aromatic rings. The highest BCUT2D eigenvalue weighted by atomic mass is 32.2. The molecule has 1 heterocycles. The van der Waals surface area contributed by atoms with Crippen LogP contribution in [-0.2, 0) is 10.0 Å². The lowest BCUT2D eigenvalue weighted by Gasteiger charge is -2.38. The first-order valence-corrected chi connectivity index (χ1v) is 13.2. The van der Waals surface area contributed by atoms with E-state index in [9.17, 15) is 8.42 Å². The van der Waals surface area contributed by atoms with Gasteiger partial charge in [0, 0.05) is 11.6 Å². The van der Waals surface area contributed by atoms with Gasteiger partial charge in [-0.05, 0) is 79.3 Å². The van der Waals surface area contributed by atoms with Crippen molar-refractivity contribution < 1.29 is 17.9 Å². The number of anilines is 2. The van der Waals surface area contributed by atoms with Gasteiger partial charge in [0.1, 0.15) is 0 Å². The molecule has 182 valence electrons. The van der Waals surface area contributed by atoms with E-state index in [2.05, 4.69) is 28.3 Å². The fourth-order valence-electron chi connectivity index (χ4n) is 5.25. The van der Waals surface area contributed by atoms with Gasteiger partial charge in [0.25, 0.3) is 10.0 Å². The zero-order valence-electron chi connectivity index (χ0n) is 20.3. The van der Waals surface area contributed by atoms with Crippen molar-refractivity contribution in [1.29, 1.82) is 0 Å². The second-order valence-electron chi connectivity index (χ2n) is 9.26. The molecule has 3 atom stereocenters. The smallest absolute Gasteiger partial charge is 0.261 e. The Kier molecular flexibility index (Phi) is 5.97. The van der Waals surface area contributed by atoms with Crippen molar-refractivity contribution >= 4 is 21.4 Å². The van der Waals surface area contributed by atoms with Crippen molar-refractivity contribution in [1.82, 2.24) is 0 Å². The van der Waals surface area contributed by atoms with Crippen LogP contribution in [0.3, 0.4) is 0 Å². The number of aryl methyl sites for hydroxylation is 2. The monoisotopic (exact) mass is 490 g/mol. The molecule has 3 unspecified atom stereocenters. The fraction of sp³-hybridized carbons (Fsp3) is 0.286. The van der Waals surface area contributed by atoms with Crippen molar-refractivity contribution in [2.45, 2.75) is 37.1 Å². The number of fused-ring (bicyclic) bond motifs is 3. The molecule has 0 spiro atoms. The van der Waals surface area contributed by atoms with Gasteiger partial charge in [0.2, 0.25) is 0 Å². The second kappa shape index (κ2) is 8.96. The van der Waals surface area contributed by atoms with Crippen molar-refractivity contribution in [2.75, 3.05) is 24.3 Å². The molecule has 5 rings (SSSR count). The van der Waals surface area contributed by atoms with E-state index in [-0.39, 0.29) is 22.8 Å². The molecule has 0 fully saturated rings. The quantitative estimate of drug-likeness (QED) is 0.418. The Hall–Kier alpha value is -3.45. The van der Waals surface area contributed by atoms with Gasteiger partial charge in [-0.3, -0.25) is 4.72 Å². The zero-order chi connectivity index (χ0) is 24.7. The molecule has 2 aliphatic rings. The number of sulfonamides is 1. The van der Waals surface area contributed by atoms with E-state index in [4.69, 9.17) is 9.47 Å². The van der Waals surface area contributed by atoms with E-state index in [1.54, 1.807) is 20.3 Å². The Bertz CT molecular complexity index is 1410. The molecule has 0 radical (unpaired) electrons. The molecule has 1 aliphatic heterocycles. The minimum atomic E-state index is -3.73. The van der Waals surface area contributed by atoms with Crippen LogP contribution in [-0.4, -0.2) is 22.6 Å². The summed E-state index contributed by atoms with van der Waals surface area (Å²) in [6.45, 7) is 3.90. The van der Waals surface area contributed by atoms with Gasteiger partial charge >= 0.3 is 0 Å². The minimum absolute atomic E-state index is 0.0677. The van der Waals surface area contributed by atoms with E-state index >= 15 is 0 Å². The third kappa shape index (κ3) is 4.25. The summed E-state index contributed by atoms with van der Waals surface area (Å²) in [6.07, 6.45) is 5.30. The van der Waals surface area contributed by atoms with Crippen LogP contribution in [0.5, 0.6) is 11.5 Å².